The fraction of sp³-hybridized carbons (Fsp3) is 0.467. The molecule has 0 amide bonds. The number of carbonyl (C=O) groups is 1. The molecule has 0 aliphatic carbocycles. The van der Waals surface area contributed by atoms with Crippen molar-refractivity contribution in [3.05, 3.63) is 29.3 Å². The molecular formula is C15H22N2O3. The van der Waals surface area contributed by atoms with Crippen molar-refractivity contribution in [3.8, 4) is 0 Å². The van der Waals surface area contributed by atoms with Crippen molar-refractivity contribution in [2.75, 3.05) is 32.1 Å². The molecule has 5 nitrogen and oxygen atoms in total. The van der Waals surface area contributed by atoms with Crippen molar-refractivity contribution in [1.82, 2.24) is 0 Å². The van der Waals surface area contributed by atoms with Gasteiger partial charge in [0.05, 0.1) is 12.2 Å². The number of hydrogen-bond donors (Lipinski definition) is 2. The Bertz CT molecular complexity index is 472. The third-order valence-electron chi connectivity index (χ3n) is 2.79. The zero-order valence-corrected chi connectivity index (χ0v) is 12.2. The Morgan fingerprint density at radius 1 is 1.55 bits per heavy atom. The van der Waals surface area contributed by atoms with E-state index < -0.39 is 0 Å². The molecule has 2 N–H and O–H groups in total. The average Bonchev–Trinajstić information content (AvgIpc) is 2.47. The smallest absolute Gasteiger partial charge is 0.338 e. The van der Waals surface area contributed by atoms with Crippen LogP contribution in [0.5, 0.6) is 0 Å². The molecule has 0 saturated carbocycles. The molecule has 0 fully saturated rings. The fourth-order valence-electron chi connectivity index (χ4n) is 1.62. The number of nitrogens with one attached hydrogen (secondary N) is 1. The Morgan fingerprint density at radius 3 is 2.90 bits per heavy atom. The van der Waals surface area contributed by atoms with Crippen LogP contribution in [0.1, 0.15) is 29.8 Å². The van der Waals surface area contributed by atoms with E-state index >= 15 is 0 Å². The van der Waals surface area contributed by atoms with Crippen LogP contribution in [0, 0.1) is 5.92 Å². The number of aliphatic imine (C=N–C) groups is 1. The Morgan fingerprint density at radius 2 is 2.30 bits per heavy atom. The molecule has 20 heavy (non-hydrogen) atoms. The minimum absolute atomic E-state index is 0.123. The highest BCUT2D eigenvalue weighted by Gasteiger charge is 2.09. The summed E-state index contributed by atoms with van der Waals surface area (Å²) in [5, 5.41) is 12.0. The summed E-state index contributed by atoms with van der Waals surface area (Å²) in [4.78, 5) is 15.9. The summed E-state index contributed by atoms with van der Waals surface area (Å²) in [5.74, 6) is -0.190. The van der Waals surface area contributed by atoms with Gasteiger partial charge in [0, 0.05) is 37.7 Å². The number of rotatable bonds is 7. The number of aliphatic hydroxyl groups is 1. The lowest BCUT2D eigenvalue weighted by atomic mass is 10.1. The SMILES string of the molecule is CCOC(=O)c1ccc(C=NC[C@H](C)CO)c(NC)c1. The van der Waals surface area contributed by atoms with Crippen molar-refractivity contribution < 1.29 is 14.6 Å². The zero-order valence-electron chi connectivity index (χ0n) is 12.2. The molecule has 1 rings (SSSR count). The first-order valence-corrected chi connectivity index (χ1v) is 6.72. The van der Waals surface area contributed by atoms with E-state index in [0.717, 1.165) is 11.3 Å². The van der Waals surface area contributed by atoms with Crippen LogP contribution in [0.2, 0.25) is 0 Å². The largest absolute Gasteiger partial charge is 0.462 e. The van der Waals surface area contributed by atoms with Gasteiger partial charge in [-0.2, -0.15) is 0 Å². The Labute approximate surface area is 119 Å². The van der Waals surface area contributed by atoms with Crippen molar-refractivity contribution in [2.24, 2.45) is 10.9 Å². The molecule has 1 aromatic rings. The second-order valence-electron chi connectivity index (χ2n) is 4.55. The van der Waals surface area contributed by atoms with Crippen molar-refractivity contribution >= 4 is 17.9 Å². The maximum Gasteiger partial charge on any atom is 0.338 e. The third kappa shape index (κ3) is 4.66. The van der Waals surface area contributed by atoms with Crippen LogP contribution < -0.4 is 5.32 Å². The fourth-order valence-corrected chi connectivity index (χ4v) is 1.62. The zero-order chi connectivity index (χ0) is 15.0. The number of aliphatic hydroxyl groups excluding tert-OH is 1. The third-order valence-corrected chi connectivity index (χ3v) is 2.79. The normalized spacial score (nSPS) is 12.4. The van der Waals surface area contributed by atoms with Gasteiger partial charge in [-0.05, 0) is 25.0 Å². The first-order valence-electron chi connectivity index (χ1n) is 6.72. The van der Waals surface area contributed by atoms with Gasteiger partial charge in [-0.1, -0.05) is 13.0 Å². The Balaban J connectivity index is 2.85. The molecule has 0 aromatic heterocycles. The minimum Gasteiger partial charge on any atom is -0.462 e. The van der Waals surface area contributed by atoms with Gasteiger partial charge >= 0.3 is 5.97 Å². The van der Waals surface area contributed by atoms with E-state index in [1.54, 1.807) is 32.3 Å². The van der Waals surface area contributed by atoms with Crippen LogP contribution in [-0.4, -0.2) is 44.1 Å². The number of carbonyl (C=O) groups excluding carboxylic acids is 1. The number of esters is 1. The molecule has 0 radical (unpaired) electrons. The topological polar surface area (TPSA) is 70.9 Å². The number of hydrogen-bond acceptors (Lipinski definition) is 5. The van der Waals surface area contributed by atoms with E-state index in [1.807, 2.05) is 13.0 Å². The molecule has 0 heterocycles. The first-order chi connectivity index (χ1) is 9.62. The molecular weight excluding hydrogens is 256 g/mol. The molecule has 1 aromatic carbocycles. The van der Waals surface area contributed by atoms with Crippen LogP contribution in [0.15, 0.2) is 23.2 Å². The van der Waals surface area contributed by atoms with Crippen LogP contribution >= 0.6 is 0 Å². The van der Waals surface area contributed by atoms with Crippen LogP contribution in [0.3, 0.4) is 0 Å². The van der Waals surface area contributed by atoms with Gasteiger partial charge in [0.1, 0.15) is 0 Å². The molecule has 1 atom stereocenters. The van der Waals surface area contributed by atoms with Gasteiger partial charge in [0.2, 0.25) is 0 Å². The van der Waals surface area contributed by atoms with E-state index in [9.17, 15) is 4.79 Å². The maximum atomic E-state index is 11.7. The van der Waals surface area contributed by atoms with Gasteiger partial charge in [0.25, 0.3) is 0 Å². The molecule has 0 aliphatic heterocycles. The van der Waals surface area contributed by atoms with E-state index in [2.05, 4.69) is 10.3 Å². The predicted octanol–water partition coefficient (Wildman–Crippen LogP) is 1.95. The lowest BCUT2D eigenvalue weighted by Crippen LogP contribution is -2.07. The summed E-state index contributed by atoms with van der Waals surface area (Å²) >= 11 is 0. The highest BCUT2D eigenvalue weighted by molar-refractivity contribution is 5.94. The van der Waals surface area contributed by atoms with Gasteiger partial charge in [0.15, 0.2) is 0 Å². The molecule has 0 unspecified atom stereocenters. The predicted molar refractivity (Wildman–Crippen MR) is 80.7 cm³/mol. The first kappa shape index (κ1) is 16.2. The van der Waals surface area contributed by atoms with Gasteiger partial charge in [-0.3, -0.25) is 4.99 Å². The van der Waals surface area contributed by atoms with Gasteiger partial charge in [-0.25, -0.2) is 4.79 Å². The monoisotopic (exact) mass is 278 g/mol. The number of anilines is 1. The maximum absolute atomic E-state index is 11.7. The lowest BCUT2D eigenvalue weighted by molar-refractivity contribution is 0.0526. The minimum atomic E-state index is -0.332. The van der Waals surface area contributed by atoms with Crippen LogP contribution in [0.25, 0.3) is 0 Å². The molecule has 0 bridgehead atoms. The summed E-state index contributed by atoms with van der Waals surface area (Å²) in [6, 6.07) is 5.29. The highest BCUT2D eigenvalue weighted by atomic mass is 16.5. The second-order valence-corrected chi connectivity index (χ2v) is 4.55. The lowest BCUT2D eigenvalue weighted by Gasteiger charge is -2.08. The number of ether oxygens (including phenoxy) is 1. The van der Waals surface area contributed by atoms with Gasteiger partial charge < -0.3 is 15.2 Å². The molecule has 110 valence electrons. The number of benzene rings is 1. The Kier molecular flexibility index (Phi) is 6.73. The summed E-state index contributed by atoms with van der Waals surface area (Å²) in [7, 11) is 1.79. The highest BCUT2D eigenvalue weighted by Crippen LogP contribution is 2.16. The van der Waals surface area contributed by atoms with Gasteiger partial charge in [-0.15, -0.1) is 0 Å². The molecule has 0 aliphatic rings. The van der Waals surface area contributed by atoms with Crippen molar-refractivity contribution in [1.29, 1.82) is 0 Å². The van der Waals surface area contributed by atoms with Crippen LogP contribution in [0.4, 0.5) is 5.69 Å². The summed E-state index contributed by atoms with van der Waals surface area (Å²) in [6.45, 7) is 4.76. The van der Waals surface area contributed by atoms with E-state index in [-0.39, 0.29) is 18.5 Å². The summed E-state index contributed by atoms with van der Waals surface area (Å²) in [5.41, 5.74) is 2.22. The van der Waals surface area contributed by atoms with E-state index in [1.165, 1.54) is 0 Å². The summed E-state index contributed by atoms with van der Waals surface area (Å²) in [6.07, 6.45) is 1.74. The molecule has 0 spiro atoms. The van der Waals surface area contributed by atoms with E-state index in [0.29, 0.717) is 18.7 Å². The quantitative estimate of drug-likeness (QED) is 0.591. The standard InChI is InChI=1S/C15H22N2O3/c1-4-20-15(19)12-5-6-13(14(7-12)16-3)9-17-8-11(2)10-18/h5-7,9,11,16,18H,4,8,10H2,1-3H3/t11-/m0/s1. The summed E-state index contributed by atoms with van der Waals surface area (Å²) < 4.78 is 4.97. The number of nitrogens with zero attached hydrogens (tertiary/aromatic N) is 1. The Hall–Kier alpha value is -1.88. The van der Waals surface area contributed by atoms with Crippen molar-refractivity contribution in [2.45, 2.75) is 13.8 Å². The molecule has 0 saturated heterocycles. The second kappa shape index (κ2) is 8.32. The van der Waals surface area contributed by atoms with Crippen molar-refractivity contribution in [3.63, 3.8) is 0 Å². The van der Waals surface area contributed by atoms with E-state index in [4.69, 9.17) is 9.84 Å². The molecule has 5 heteroatoms. The average molecular weight is 278 g/mol. The van der Waals surface area contributed by atoms with Crippen LogP contribution in [-0.2, 0) is 4.74 Å².